The van der Waals surface area contributed by atoms with Gasteiger partial charge in [-0.05, 0) is 48.5 Å². The Morgan fingerprint density at radius 2 is 1.65 bits per heavy atom. The Kier molecular flexibility index (Phi) is 6.94. The molecule has 2 rings (SSSR count). The first kappa shape index (κ1) is 20.1. The van der Waals surface area contributed by atoms with Gasteiger partial charge in [0.2, 0.25) is 0 Å². The van der Waals surface area contributed by atoms with Crippen molar-refractivity contribution in [3.8, 4) is 0 Å². The quantitative estimate of drug-likeness (QED) is 0.770. The van der Waals surface area contributed by atoms with E-state index in [0.717, 1.165) is 30.9 Å². The molecule has 0 atom stereocenters. The van der Waals surface area contributed by atoms with Crippen molar-refractivity contribution in [1.82, 2.24) is 4.90 Å². The summed E-state index contributed by atoms with van der Waals surface area (Å²) in [5.74, 6) is -0.238. The summed E-state index contributed by atoms with van der Waals surface area (Å²) in [5.41, 5.74) is 3.07. The molecule has 0 spiro atoms. The molecule has 2 aromatic carbocycles. The van der Waals surface area contributed by atoms with E-state index in [2.05, 4.69) is 24.1 Å². The Labute approximate surface area is 156 Å². The standard InChI is InChI=1S/C20H26N2O3S/c1-4-22(5-2)14-17-7-6-8-19(13-17)21-20(23)18-11-9-16(10-12-18)15-26(3,24)25/h6-13H,4-5,14-15H2,1-3H3,(H,21,23). The number of nitrogens with zero attached hydrogens (tertiary/aromatic N) is 1. The van der Waals surface area contributed by atoms with Gasteiger partial charge in [-0.25, -0.2) is 8.42 Å². The van der Waals surface area contributed by atoms with E-state index in [0.29, 0.717) is 11.1 Å². The third-order valence-corrected chi connectivity index (χ3v) is 4.99. The summed E-state index contributed by atoms with van der Waals surface area (Å²) in [4.78, 5) is 14.7. The van der Waals surface area contributed by atoms with E-state index in [9.17, 15) is 13.2 Å². The lowest BCUT2D eigenvalue weighted by Gasteiger charge is -2.18. The summed E-state index contributed by atoms with van der Waals surface area (Å²) >= 11 is 0. The summed E-state index contributed by atoms with van der Waals surface area (Å²) in [7, 11) is -3.08. The van der Waals surface area contributed by atoms with Gasteiger partial charge in [0.05, 0.1) is 5.75 Å². The van der Waals surface area contributed by atoms with Gasteiger partial charge in [-0.3, -0.25) is 9.69 Å². The predicted molar refractivity (Wildman–Crippen MR) is 106 cm³/mol. The largest absolute Gasteiger partial charge is 0.322 e. The van der Waals surface area contributed by atoms with Crippen LogP contribution < -0.4 is 5.32 Å². The van der Waals surface area contributed by atoms with Gasteiger partial charge in [-0.15, -0.1) is 0 Å². The summed E-state index contributed by atoms with van der Waals surface area (Å²) < 4.78 is 22.7. The molecule has 0 fully saturated rings. The molecule has 0 radical (unpaired) electrons. The molecule has 140 valence electrons. The van der Waals surface area contributed by atoms with Gasteiger partial charge in [-0.2, -0.15) is 0 Å². The highest BCUT2D eigenvalue weighted by molar-refractivity contribution is 7.89. The van der Waals surface area contributed by atoms with Gasteiger partial charge in [0.25, 0.3) is 5.91 Å². The Bertz CT molecular complexity index is 842. The van der Waals surface area contributed by atoms with E-state index in [1.807, 2.05) is 24.3 Å². The third-order valence-electron chi connectivity index (χ3n) is 4.13. The number of amides is 1. The summed E-state index contributed by atoms with van der Waals surface area (Å²) in [6.07, 6.45) is 1.19. The highest BCUT2D eigenvalue weighted by atomic mass is 32.2. The molecular weight excluding hydrogens is 348 g/mol. The molecule has 2 aromatic rings. The summed E-state index contributed by atoms with van der Waals surface area (Å²) in [5, 5.41) is 2.90. The number of carbonyl (C=O) groups excluding carboxylic acids is 1. The molecule has 1 N–H and O–H groups in total. The van der Waals surface area contributed by atoms with Crippen molar-refractivity contribution in [2.45, 2.75) is 26.1 Å². The van der Waals surface area contributed by atoms with Crippen LogP contribution in [0, 0.1) is 0 Å². The maximum Gasteiger partial charge on any atom is 0.255 e. The number of benzene rings is 2. The Morgan fingerprint density at radius 3 is 2.23 bits per heavy atom. The molecule has 0 aliphatic rings. The minimum atomic E-state index is -3.08. The predicted octanol–water partition coefficient (Wildman–Crippen LogP) is 3.33. The van der Waals surface area contributed by atoms with Crippen LogP contribution in [0.2, 0.25) is 0 Å². The molecule has 0 heterocycles. The lowest BCUT2D eigenvalue weighted by atomic mass is 10.1. The topological polar surface area (TPSA) is 66.5 Å². The highest BCUT2D eigenvalue weighted by Gasteiger charge is 2.09. The van der Waals surface area contributed by atoms with E-state index >= 15 is 0 Å². The van der Waals surface area contributed by atoms with Crippen LogP contribution in [0.3, 0.4) is 0 Å². The lowest BCUT2D eigenvalue weighted by Crippen LogP contribution is -2.22. The number of sulfone groups is 1. The first-order valence-corrected chi connectivity index (χ1v) is 10.8. The van der Waals surface area contributed by atoms with Crippen molar-refractivity contribution < 1.29 is 13.2 Å². The SMILES string of the molecule is CCN(CC)Cc1cccc(NC(=O)c2ccc(CS(C)(=O)=O)cc2)c1. The molecule has 0 bridgehead atoms. The number of rotatable bonds is 8. The molecular formula is C20H26N2O3S. The zero-order valence-corrected chi connectivity index (χ0v) is 16.3. The zero-order chi connectivity index (χ0) is 19.2. The molecule has 0 saturated heterocycles. The number of hydrogen-bond donors (Lipinski definition) is 1. The van der Waals surface area contributed by atoms with Gasteiger partial charge in [-0.1, -0.05) is 38.1 Å². The van der Waals surface area contributed by atoms with Gasteiger partial charge in [0.1, 0.15) is 0 Å². The minimum absolute atomic E-state index is 0.0255. The van der Waals surface area contributed by atoms with Crippen LogP contribution in [-0.2, 0) is 22.1 Å². The molecule has 26 heavy (non-hydrogen) atoms. The van der Waals surface area contributed by atoms with Crippen LogP contribution in [0.1, 0.15) is 35.3 Å². The fraction of sp³-hybridized carbons (Fsp3) is 0.350. The van der Waals surface area contributed by atoms with Crippen molar-refractivity contribution in [3.05, 3.63) is 65.2 Å². The molecule has 0 unspecified atom stereocenters. The maximum atomic E-state index is 12.4. The molecule has 1 amide bonds. The van der Waals surface area contributed by atoms with E-state index in [4.69, 9.17) is 0 Å². The molecule has 0 aromatic heterocycles. The molecule has 0 saturated carbocycles. The van der Waals surface area contributed by atoms with Crippen molar-refractivity contribution in [2.75, 3.05) is 24.7 Å². The van der Waals surface area contributed by atoms with Crippen LogP contribution in [-0.4, -0.2) is 38.6 Å². The first-order chi connectivity index (χ1) is 12.3. The average molecular weight is 375 g/mol. The number of hydrogen-bond acceptors (Lipinski definition) is 4. The minimum Gasteiger partial charge on any atom is -0.322 e. The second kappa shape index (κ2) is 8.96. The molecule has 0 aliphatic heterocycles. The van der Waals surface area contributed by atoms with Crippen LogP contribution in [0.25, 0.3) is 0 Å². The van der Waals surface area contributed by atoms with E-state index < -0.39 is 9.84 Å². The van der Waals surface area contributed by atoms with Crippen molar-refractivity contribution >= 4 is 21.4 Å². The number of carbonyl (C=O) groups is 1. The average Bonchev–Trinajstić information content (AvgIpc) is 2.59. The normalized spacial score (nSPS) is 11.5. The van der Waals surface area contributed by atoms with E-state index in [1.165, 1.54) is 6.26 Å². The Balaban J connectivity index is 2.05. The second-order valence-electron chi connectivity index (χ2n) is 6.38. The van der Waals surface area contributed by atoms with Crippen molar-refractivity contribution in [1.29, 1.82) is 0 Å². The highest BCUT2D eigenvalue weighted by Crippen LogP contribution is 2.15. The van der Waals surface area contributed by atoms with Gasteiger partial charge < -0.3 is 5.32 Å². The smallest absolute Gasteiger partial charge is 0.255 e. The fourth-order valence-electron chi connectivity index (χ4n) is 2.71. The summed E-state index contributed by atoms with van der Waals surface area (Å²) in [6, 6.07) is 14.5. The van der Waals surface area contributed by atoms with E-state index in [-0.39, 0.29) is 11.7 Å². The fourth-order valence-corrected chi connectivity index (χ4v) is 3.51. The van der Waals surface area contributed by atoms with Gasteiger partial charge in [0.15, 0.2) is 9.84 Å². The molecule has 6 heteroatoms. The first-order valence-electron chi connectivity index (χ1n) is 8.70. The van der Waals surface area contributed by atoms with Crippen LogP contribution in [0.4, 0.5) is 5.69 Å². The number of nitrogens with one attached hydrogen (secondary N) is 1. The monoisotopic (exact) mass is 374 g/mol. The third kappa shape index (κ3) is 6.28. The Hall–Kier alpha value is -2.18. The van der Waals surface area contributed by atoms with Gasteiger partial charge >= 0.3 is 0 Å². The van der Waals surface area contributed by atoms with Crippen LogP contribution in [0.15, 0.2) is 48.5 Å². The van der Waals surface area contributed by atoms with Crippen LogP contribution >= 0.6 is 0 Å². The zero-order valence-electron chi connectivity index (χ0n) is 15.5. The summed E-state index contributed by atoms with van der Waals surface area (Å²) in [6.45, 7) is 7.06. The number of anilines is 1. The van der Waals surface area contributed by atoms with Gasteiger partial charge in [0, 0.05) is 24.1 Å². The maximum absolute atomic E-state index is 12.4. The molecule has 5 nitrogen and oxygen atoms in total. The van der Waals surface area contributed by atoms with Crippen LogP contribution in [0.5, 0.6) is 0 Å². The Morgan fingerprint density at radius 1 is 1.00 bits per heavy atom. The van der Waals surface area contributed by atoms with Crippen molar-refractivity contribution in [3.63, 3.8) is 0 Å². The van der Waals surface area contributed by atoms with E-state index in [1.54, 1.807) is 24.3 Å². The molecule has 0 aliphatic carbocycles. The van der Waals surface area contributed by atoms with Crippen molar-refractivity contribution in [2.24, 2.45) is 0 Å². The second-order valence-corrected chi connectivity index (χ2v) is 8.52. The lowest BCUT2D eigenvalue weighted by molar-refractivity contribution is 0.102.